The highest BCUT2D eigenvalue weighted by Gasteiger charge is 2.13. The molecule has 0 aromatic rings. The molecular formula is C3H12N3OPS. The van der Waals surface area contributed by atoms with Crippen molar-refractivity contribution in [3.63, 3.8) is 0 Å². The molecule has 0 atom stereocenters. The van der Waals surface area contributed by atoms with Crippen LogP contribution in [-0.2, 0) is 4.57 Å². The van der Waals surface area contributed by atoms with Gasteiger partial charge in [0.2, 0.25) is 0 Å². The number of rotatable bonds is 4. The van der Waals surface area contributed by atoms with Crippen molar-refractivity contribution in [2.24, 2.45) is 0 Å². The minimum Gasteiger partial charge on any atom is -0.270 e. The van der Waals surface area contributed by atoms with Crippen LogP contribution in [0.25, 0.3) is 0 Å². The van der Waals surface area contributed by atoms with E-state index in [4.69, 9.17) is 0 Å². The predicted molar refractivity (Wildman–Crippen MR) is 42.4 cm³/mol. The van der Waals surface area contributed by atoms with E-state index in [2.05, 4.69) is 14.7 Å². The van der Waals surface area contributed by atoms with E-state index in [0.717, 1.165) is 0 Å². The molecule has 0 amide bonds. The third-order valence-electron chi connectivity index (χ3n) is 0.850. The van der Waals surface area contributed by atoms with Crippen molar-refractivity contribution in [2.45, 2.75) is 0 Å². The highest BCUT2D eigenvalue weighted by Crippen LogP contribution is 2.30. The zero-order valence-electron chi connectivity index (χ0n) is 5.76. The third-order valence-corrected chi connectivity index (χ3v) is 3.87. The first-order chi connectivity index (χ1) is 4.18. The molecule has 0 rings (SSSR count). The highest BCUT2D eigenvalue weighted by atomic mass is 32.2. The Morgan fingerprint density at radius 2 is 1.78 bits per heavy atom. The first-order valence-electron chi connectivity index (χ1n) is 2.47. The Bertz CT molecular complexity index is 112. The molecule has 0 aromatic heterocycles. The lowest BCUT2D eigenvalue weighted by Crippen LogP contribution is -2.23. The second-order valence-electron chi connectivity index (χ2n) is 1.35. The van der Waals surface area contributed by atoms with Gasteiger partial charge in [0.05, 0.1) is 0 Å². The average molecular weight is 169 g/mol. The minimum atomic E-state index is -2.47. The SMILES string of the molecule is CNP(=O)(NC)NSC. The maximum atomic E-state index is 11.2. The van der Waals surface area contributed by atoms with Crippen molar-refractivity contribution >= 4 is 19.5 Å². The van der Waals surface area contributed by atoms with Crippen LogP contribution in [0.15, 0.2) is 0 Å². The molecule has 9 heavy (non-hydrogen) atoms. The van der Waals surface area contributed by atoms with E-state index in [9.17, 15) is 4.57 Å². The van der Waals surface area contributed by atoms with Gasteiger partial charge in [0.15, 0.2) is 0 Å². The van der Waals surface area contributed by atoms with Gasteiger partial charge in [0.25, 0.3) is 7.59 Å². The Balaban J connectivity index is 3.78. The summed E-state index contributed by atoms with van der Waals surface area (Å²) in [4.78, 5) is 0. The van der Waals surface area contributed by atoms with Gasteiger partial charge >= 0.3 is 0 Å². The van der Waals surface area contributed by atoms with Gasteiger partial charge in [-0.1, -0.05) is 11.9 Å². The topological polar surface area (TPSA) is 53.2 Å². The second-order valence-corrected chi connectivity index (χ2v) is 4.60. The highest BCUT2D eigenvalue weighted by molar-refractivity contribution is 8.01. The molecule has 0 fully saturated rings. The van der Waals surface area contributed by atoms with Crippen molar-refractivity contribution < 1.29 is 4.57 Å². The lowest BCUT2D eigenvalue weighted by atomic mass is 11.6. The van der Waals surface area contributed by atoms with Crippen molar-refractivity contribution in [1.29, 1.82) is 0 Å². The van der Waals surface area contributed by atoms with Crippen LogP contribution in [0.1, 0.15) is 0 Å². The molecule has 0 unspecified atom stereocenters. The van der Waals surface area contributed by atoms with E-state index in [1.807, 2.05) is 6.26 Å². The summed E-state index contributed by atoms with van der Waals surface area (Å²) in [5.41, 5.74) is 0. The van der Waals surface area contributed by atoms with E-state index in [0.29, 0.717) is 0 Å². The van der Waals surface area contributed by atoms with Crippen LogP contribution in [0.2, 0.25) is 0 Å². The van der Waals surface area contributed by atoms with E-state index in [1.165, 1.54) is 11.9 Å². The molecule has 3 N–H and O–H groups in total. The van der Waals surface area contributed by atoms with Crippen LogP contribution in [0.3, 0.4) is 0 Å². The van der Waals surface area contributed by atoms with Gasteiger partial charge in [-0.25, -0.2) is 10.2 Å². The Morgan fingerprint density at radius 3 is 1.89 bits per heavy atom. The lowest BCUT2D eigenvalue weighted by molar-refractivity contribution is 0.560. The minimum absolute atomic E-state index is 1.32. The van der Waals surface area contributed by atoms with Crippen LogP contribution in [-0.4, -0.2) is 20.4 Å². The molecule has 0 spiro atoms. The standard InChI is InChI=1S/C3H12N3OPS/c1-4-8(7,5-2)6-9-3/h1-3H3,(H3,4,5,6,7). The van der Waals surface area contributed by atoms with Crippen molar-refractivity contribution in [3.05, 3.63) is 0 Å². The summed E-state index contributed by atoms with van der Waals surface area (Å²) in [5.74, 6) is 0. The monoisotopic (exact) mass is 169 g/mol. The first-order valence-corrected chi connectivity index (χ1v) is 5.40. The van der Waals surface area contributed by atoms with E-state index in [-0.39, 0.29) is 0 Å². The van der Waals surface area contributed by atoms with E-state index < -0.39 is 7.59 Å². The smallest absolute Gasteiger partial charge is 0.270 e. The predicted octanol–water partition coefficient (Wildman–Crippen LogP) is 0.401. The number of hydrogen-bond donors (Lipinski definition) is 3. The van der Waals surface area contributed by atoms with Gasteiger partial charge in [-0.2, -0.15) is 4.49 Å². The Labute approximate surface area is 59.8 Å². The normalized spacial score (nSPS) is 11.9. The zero-order chi connectivity index (χ0) is 7.33. The van der Waals surface area contributed by atoms with Gasteiger partial charge < -0.3 is 0 Å². The van der Waals surface area contributed by atoms with Crippen molar-refractivity contribution in [1.82, 2.24) is 14.7 Å². The molecule has 0 saturated heterocycles. The molecule has 0 aliphatic carbocycles. The fraction of sp³-hybridized carbons (Fsp3) is 1.00. The van der Waals surface area contributed by atoms with Crippen LogP contribution in [0.4, 0.5) is 0 Å². The molecule has 56 valence electrons. The largest absolute Gasteiger partial charge is 0.287 e. The molecule has 0 bridgehead atoms. The summed E-state index contributed by atoms with van der Waals surface area (Å²) in [7, 11) is 0.811. The van der Waals surface area contributed by atoms with Crippen LogP contribution < -0.4 is 14.7 Å². The quantitative estimate of drug-likeness (QED) is 0.420. The molecule has 6 heteroatoms. The summed E-state index contributed by atoms with van der Waals surface area (Å²) in [6, 6.07) is 0. The average Bonchev–Trinajstić information content (AvgIpc) is 1.89. The molecular weight excluding hydrogens is 157 g/mol. The summed E-state index contributed by atoms with van der Waals surface area (Å²) in [5, 5.41) is 5.28. The summed E-state index contributed by atoms with van der Waals surface area (Å²) >= 11 is 1.32. The lowest BCUT2D eigenvalue weighted by Gasteiger charge is -2.14. The second kappa shape index (κ2) is 4.30. The third kappa shape index (κ3) is 3.23. The Morgan fingerprint density at radius 1 is 1.33 bits per heavy atom. The van der Waals surface area contributed by atoms with Gasteiger partial charge in [0, 0.05) is 0 Å². The number of nitrogens with one attached hydrogen (secondary N) is 3. The van der Waals surface area contributed by atoms with Crippen LogP contribution in [0, 0.1) is 0 Å². The number of hydrogen-bond acceptors (Lipinski definition) is 2. The zero-order valence-corrected chi connectivity index (χ0v) is 7.47. The van der Waals surface area contributed by atoms with E-state index in [1.54, 1.807) is 14.1 Å². The summed E-state index contributed by atoms with van der Waals surface area (Å²) in [6.45, 7) is 0. The fourth-order valence-corrected chi connectivity index (χ4v) is 2.31. The molecule has 0 heterocycles. The van der Waals surface area contributed by atoms with Crippen LogP contribution in [0.5, 0.6) is 0 Å². The maximum Gasteiger partial charge on any atom is 0.287 e. The molecule has 4 nitrogen and oxygen atoms in total. The van der Waals surface area contributed by atoms with Crippen molar-refractivity contribution in [2.75, 3.05) is 20.4 Å². The van der Waals surface area contributed by atoms with Gasteiger partial charge in [-0.3, -0.25) is 4.57 Å². The molecule has 0 saturated carbocycles. The van der Waals surface area contributed by atoms with Crippen LogP contribution >= 0.6 is 19.5 Å². The van der Waals surface area contributed by atoms with Crippen molar-refractivity contribution in [3.8, 4) is 0 Å². The Hall–Kier alpha value is 0.460. The van der Waals surface area contributed by atoms with Gasteiger partial charge in [-0.15, -0.1) is 0 Å². The maximum absolute atomic E-state index is 11.2. The first kappa shape index (κ1) is 9.46. The van der Waals surface area contributed by atoms with E-state index >= 15 is 0 Å². The van der Waals surface area contributed by atoms with Gasteiger partial charge in [-0.05, 0) is 20.4 Å². The fourth-order valence-electron chi connectivity index (χ4n) is 0.332. The summed E-state index contributed by atoms with van der Waals surface area (Å²) < 4.78 is 13.9. The molecule has 0 radical (unpaired) electrons. The molecule has 0 aliphatic rings. The van der Waals surface area contributed by atoms with Gasteiger partial charge in [0.1, 0.15) is 0 Å². The molecule has 0 aliphatic heterocycles. The Kier molecular flexibility index (Phi) is 4.52. The summed E-state index contributed by atoms with van der Waals surface area (Å²) in [6.07, 6.45) is 1.82. The molecule has 0 aromatic carbocycles.